The number of H-pyrrole nitrogens is 1. The van der Waals surface area contributed by atoms with E-state index in [1.54, 1.807) is 48.8 Å². The molecule has 0 aliphatic carbocycles. The number of fused-ring (bicyclic) bond motifs is 1. The highest BCUT2D eigenvalue weighted by atomic mass is 16.2. The zero-order valence-electron chi connectivity index (χ0n) is 11.9. The topological polar surface area (TPSA) is 86.9 Å². The molecule has 6 heteroatoms. The van der Waals surface area contributed by atoms with Crippen LogP contribution in [0.1, 0.15) is 17.3 Å². The Balaban J connectivity index is 1.79. The van der Waals surface area contributed by atoms with Crippen LogP contribution >= 0.6 is 0 Å². The quantitative estimate of drug-likeness (QED) is 0.694. The van der Waals surface area contributed by atoms with Crippen LogP contribution in [0.5, 0.6) is 0 Å². The molecule has 3 aromatic rings. The van der Waals surface area contributed by atoms with Crippen LogP contribution in [-0.2, 0) is 4.79 Å². The van der Waals surface area contributed by atoms with Crippen molar-refractivity contribution in [3.05, 3.63) is 54.4 Å². The molecule has 1 aromatic heterocycles. The normalized spacial score (nSPS) is 10.4. The number of benzene rings is 2. The van der Waals surface area contributed by atoms with Crippen LogP contribution in [0.15, 0.2) is 48.8 Å². The van der Waals surface area contributed by atoms with Crippen LogP contribution in [0.4, 0.5) is 11.4 Å². The van der Waals surface area contributed by atoms with Crippen molar-refractivity contribution >= 4 is 34.2 Å². The van der Waals surface area contributed by atoms with Crippen molar-refractivity contribution in [3.63, 3.8) is 0 Å². The van der Waals surface area contributed by atoms with E-state index in [0.717, 1.165) is 11.0 Å². The van der Waals surface area contributed by atoms with Crippen molar-refractivity contribution in [2.24, 2.45) is 0 Å². The zero-order valence-corrected chi connectivity index (χ0v) is 11.9. The summed E-state index contributed by atoms with van der Waals surface area (Å²) in [6, 6.07) is 12.2. The first kappa shape index (κ1) is 13.8. The lowest BCUT2D eigenvalue weighted by Gasteiger charge is -2.08. The smallest absolute Gasteiger partial charge is 0.255 e. The molecule has 0 atom stereocenters. The number of rotatable bonds is 3. The van der Waals surface area contributed by atoms with Gasteiger partial charge in [-0.15, -0.1) is 0 Å². The maximum Gasteiger partial charge on any atom is 0.255 e. The van der Waals surface area contributed by atoms with Gasteiger partial charge in [0.2, 0.25) is 5.91 Å². The van der Waals surface area contributed by atoms with Crippen LogP contribution in [-0.4, -0.2) is 21.8 Å². The second-order valence-electron chi connectivity index (χ2n) is 4.85. The summed E-state index contributed by atoms with van der Waals surface area (Å²) in [6.07, 6.45) is 1.59. The zero-order chi connectivity index (χ0) is 15.5. The number of carbonyl (C=O) groups excluding carboxylic acids is 2. The van der Waals surface area contributed by atoms with Gasteiger partial charge in [0.1, 0.15) is 0 Å². The van der Waals surface area contributed by atoms with Crippen molar-refractivity contribution in [1.29, 1.82) is 0 Å². The molecule has 3 rings (SSSR count). The molecule has 0 bridgehead atoms. The average Bonchev–Trinajstić information content (AvgIpc) is 2.94. The summed E-state index contributed by atoms with van der Waals surface area (Å²) in [5, 5.41) is 5.48. The molecule has 2 amide bonds. The molecule has 0 saturated heterocycles. The van der Waals surface area contributed by atoms with E-state index >= 15 is 0 Å². The van der Waals surface area contributed by atoms with E-state index in [2.05, 4.69) is 20.6 Å². The van der Waals surface area contributed by atoms with Crippen LogP contribution in [0, 0.1) is 0 Å². The molecule has 1 heterocycles. The number of nitrogens with one attached hydrogen (secondary N) is 3. The SMILES string of the molecule is CC(=O)Nc1cccc(NC(=O)c2ccc3nc[nH]c3c2)c1. The standard InChI is InChI=1S/C16H14N4O2/c1-10(21)19-12-3-2-4-13(8-12)20-16(22)11-5-6-14-15(7-11)18-9-17-14/h2-9H,1H3,(H,17,18)(H,19,21)(H,20,22). The minimum atomic E-state index is -0.225. The molecular weight excluding hydrogens is 280 g/mol. The second-order valence-corrected chi connectivity index (χ2v) is 4.85. The predicted molar refractivity (Wildman–Crippen MR) is 84.8 cm³/mol. The van der Waals surface area contributed by atoms with Gasteiger partial charge in [0.15, 0.2) is 0 Å². The maximum absolute atomic E-state index is 12.3. The molecule has 0 aliphatic heterocycles. The Morgan fingerprint density at radius 1 is 1.05 bits per heavy atom. The summed E-state index contributed by atoms with van der Waals surface area (Å²) in [5.74, 6) is -0.385. The third kappa shape index (κ3) is 2.95. The van der Waals surface area contributed by atoms with Crippen molar-refractivity contribution in [2.45, 2.75) is 6.92 Å². The monoisotopic (exact) mass is 294 g/mol. The van der Waals surface area contributed by atoms with E-state index in [0.29, 0.717) is 16.9 Å². The number of aromatic amines is 1. The van der Waals surface area contributed by atoms with Gasteiger partial charge in [-0.2, -0.15) is 0 Å². The van der Waals surface area contributed by atoms with Gasteiger partial charge in [-0.25, -0.2) is 4.98 Å². The molecule has 22 heavy (non-hydrogen) atoms. The van der Waals surface area contributed by atoms with Gasteiger partial charge in [0, 0.05) is 23.9 Å². The number of imidazole rings is 1. The van der Waals surface area contributed by atoms with Crippen LogP contribution in [0.25, 0.3) is 11.0 Å². The molecule has 6 nitrogen and oxygen atoms in total. The predicted octanol–water partition coefficient (Wildman–Crippen LogP) is 2.77. The highest BCUT2D eigenvalue weighted by Gasteiger charge is 2.08. The highest BCUT2D eigenvalue weighted by molar-refractivity contribution is 6.06. The minimum absolute atomic E-state index is 0.159. The lowest BCUT2D eigenvalue weighted by Crippen LogP contribution is -2.12. The summed E-state index contributed by atoms with van der Waals surface area (Å²) < 4.78 is 0. The van der Waals surface area contributed by atoms with Crippen LogP contribution < -0.4 is 10.6 Å². The summed E-state index contributed by atoms with van der Waals surface area (Å²) >= 11 is 0. The number of hydrogen-bond acceptors (Lipinski definition) is 3. The van der Waals surface area contributed by atoms with Gasteiger partial charge in [0.25, 0.3) is 5.91 Å². The highest BCUT2D eigenvalue weighted by Crippen LogP contribution is 2.17. The molecular formula is C16H14N4O2. The third-order valence-corrected chi connectivity index (χ3v) is 3.12. The first-order valence-electron chi connectivity index (χ1n) is 6.74. The Morgan fingerprint density at radius 3 is 2.59 bits per heavy atom. The Kier molecular flexibility index (Phi) is 3.57. The molecule has 0 radical (unpaired) electrons. The van der Waals surface area contributed by atoms with Crippen LogP contribution in [0.3, 0.4) is 0 Å². The van der Waals surface area contributed by atoms with E-state index in [1.807, 2.05) is 0 Å². The summed E-state index contributed by atoms with van der Waals surface area (Å²) in [4.78, 5) is 30.4. The van der Waals surface area contributed by atoms with Gasteiger partial charge in [-0.1, -0.05) is 6.07 Å². The average molecular weight is 294 g/mol. The van der Waals surface area contributed by atoms with Gasteiger partial charge in [-0.3, -0.25) is 9.59 Å². The number of aromatic nitrogens is 2. The second kappa shape index (κ2) is 5.69. The number of nitrogens with zero attached hydrogens (tertiary/aromatic N) is 1. The molecule has 2 aromatic carbocycles. The minimum Gasteiger partial charge on any atom is -0.345 e. The van der Waals surface area contributed by atoms with Crippen molar-refractivity contribution in [3.8, 4) is 0 Å². The van der Waals surface area contributed by atoms with E-state index in [9.17, 15) is 9.59 Å². The Labute approximate surface area is 126 Å². The molecule has 0 aliphatic rings. The molecule has 0 saturated carbocycles. The molecule has 0 unspecified atom stereocenters. The van der Waals surface area contributed by atoms with Gasteiger partial charge in [0.05, 0.1) is 17.4 Å². The Morgan fingerprint density at radius 2 is 1.82 bits per heavy atom. The van der Waals surface area contributed by atoms with Crippen molar-refractivity contribution in [2.75, 3.05) is 10.6 Å². The van der Waals surface area contributed by atoms with Crippen molar-refractivity contribution < 1.29 is 9.59 Å². The first-order valence-corrected chi connectivity index (χ1v) is 6.74. The molecule has 3 N–H and O–H groups in total. The Bertz CT molecular complexity index is 854. The van der Waals surface area contributed by atoms with Gasteiger partial charge >= 0.3 is 0 Å². The molecule has 0 spiro atoms. The first-order chi connectivity index (χ1) is 10.6. The fourth-order valence-corrected chi connectivity index (χ4v) is 2.16. The number of anilines is 2. The fraction of sp³-hybridized carbons (Fsp3) is 0.0625. The van der Waals surface area contributed by atoms with E-state index in [-0.39, 0.29) is 11.8 Å². The van der Waals surface area contributed by atoms with Crippen LogP contribution in [0.2, 0.25) is 0 Å². The van der Waals surface area contributed by atoms with Gasteiger partial charge < -0.3 is 15.6 Å². The summed E-state index contributed by atoms with van der Waals surface area (Å²) in [7, 11) is 0. The molecule has 110 valence electrons. The number of amides is 2. The largest absolute Gasteiger partial charge is 0.345 e. The lowest BCUT2D eigenvalue weighted by atomic mass is 10.2. The van der Waals surface area contributed by atoms with E-state index < -0.39 is 0 Å². The fourth-order valence-electron chi connectivity index (χ4n) is 2.16. The van der Waals surface area contributed by atoms with Gasteiger partial charge in [-0.05, 0) is 36.4 Å². The summed E-state index contributed by atoms with van der Waals surface area (Å²) in [5.41, 5.74) is 3.39. The van der Waals surface area contributed by atoms with E-state index in [4.69, 9.17) is 0 Å². The third-order valence-electron chi connectivity index (χ3n) is 3.12. The Hall–Kier alpha value is -3.15. The maximum atomic E-state index is 12.3. The number of carbonyl (C=O) groups is 2. The molecule has 0 fully saturated rings. The van der Waals surface area contributed by atoms with Crippen molar-refractivity contribution in [1.82, 2.24) is 9.97 Å². The van der Waals surface area contributed by atoms with E-state index in [1.165, 1.54) is 6.92 Å². The lowest BCUT2D eigenvalue weighted by molar-refractivity contribution is -0.114. The number of hydrogen-bond donors (Lipinski definition) is 3. The summed E-state index contributed by atoms with van der Waals surface area (Å²) in [6.45, 7) is 1.44.